The Balaban J connectivity index is 1.40. The van der Waals surface area contributed by atoms with E-state index in [4.69, 9.17) is 4.99 Å². The lowest BCUT2D eigenvalue weighted by atomic mass is 9.97. The van der Waals surface area contributed by atoms with Gasteiger partial charge in [-0.3, -0.25) is 9.89 Å². The number of likely N-dealkylation sites (tertiary alicyclic amines) is 2. The van der Waals surface area contributed by atoms with E-state index in [0.717, 1.165) is 44.6 Å². The number of hydrogen-bond donors (Lipinski definition) is 2. The maximum absolute atomic E-state index is 4.95. The summed E-state index contributed by atoms with van der Waals surface area (Å²) in [4.78, 5) is 10.1. The minimum absolute atomic E-state index is 0.534. The molecular formula is C24H41N5. The van der Waals surface area contributed by atoms with Crippen molar-refractivity contribution in [2.75, 3.05) is 45.8 Å². The lowest BCUT2D eigenvalue weighted by Gasteiger charge is -2.33. The van der Waals surface area contributed by atoms with E-state index in [9.17, 15) is 0 Å². The van der Waals surface area contributed by atoms with Crippen LogP contribution in [0.2, 0.25) is 0 Å². The van der Waals surface area contributed by atoms with Crippen LogP contribution in [0.5, 0.6) is 0 Å². The third kappa shape index (κ3) is 7.63. The van der Waals surface area contributed by atoms with E-state index in [0.29, 0.717) is 6.04 Å². The zero-order valence-corrected chi connectivity index (χ0v) is 18.6. The van der Waals surface area contributed by atoms with Crippen LogP contribution in [0.3, 0.4) is 0 Å². The van der Waals surface area contributed by atoms with Crippen LogP contribution >= 0.6 is 0 Å². The van der Waals surface area contributed by atoms with Gasteiger partial charge in [0.25, 0.3) is 0 Å². The van der Waals surface area contributed by atoms with Crippen molar-refractivity contribution in [1.29, 1.82) is 0 Å². The molecule has 1 aromatic carbocycles. The summed E-state index contributed by atoms with van der Waals surface area (Å²) >= 11 is 0. The molecule has 5 nitrogen and oxygen atoms in total. The van der Waals surface area contributed by atoms with E-state index >= 15 is 0 Å². The normalized spacial score (nSPS) is 20.7. The first-order chi connectivity index (χ1) is 14.3. The molecule has 2 aliphatic heterocycles. The van der Waals surface area contributed by atoms with E-state index in [1.807, 2.05) is 0 Å². The Hall–Kier alpha value is -1.59. The van der Waals surface area contributed by atoms with Crippen molar-refractivity contribution in [3.05, 3.63) is 35.9 Å². The molecule has 0 aromatic heterocycles. The monoisotopic (exact) mass is 399 g/mol. The number of benzene rings is 1. The first kappa shape index (κ1) is 22.1. The molecule has 2 fully saturated rings. The van der Waals surface area contributed by atoms with Crippen LogP contribution in [-0.4, -0.2) is 67.6 Å². The maximum Gasteiger partial charge on any atom is 0.191 e. The molecular weight excluding hydrogens is 358 g/mol. The summed E-state index contributed by atoms with van der Waals surface area (Å²) in [6, 6.07) is 11.4. The fourth-order valence-corrected chi connectivity index (χ4v) is 4.52. The molecule has 0 saturated carbocycles. The van der Waals surface area contributed by atoms with Crippen LogP contribution in [0, 0.1) is 5.92 Å². The highest BCUT2D eigenvalue weighted by Gasteiger charge is 2.21. The molecule has 29 heavy (non-hydrogen) atoms. The van der Waals surface area contributed by atoms with E-state index < -0.39 is 0 Å². The Bertz CT molecular complexity index is 587. The van der Waals surface area contributed by atoms with Gasteiger partial charge in [0, 0.05) is 38.8 Å². The fourth-order valence-electron chi connectivity index (χ4n) is 4.52. The standard InChI is InChI=1S/C24H41N5/c1-3-14-28-15-10-21(11-16-28)19-26-24(25-4-2)27-23-12-17-29(18-13-23)20-22-8-6-5-7-9-22/h5-9,21,23H,3-4,10-20H2,1-2H3,(H2,25,26,27). The molecule has 162 valence electrons. The Morgan fingerprint density at radius 3 is 2.31 bits per heavy atom. The second-order valence-corrected chi connectivity index (χ2v) is 8.68. The molecule has 1 aromatic rings. The fraction of sp³-hybridized carbons (Fsp3) is 0.708. The van der Waals surface area contributed by atoms with Crippen LogP contribution in [0.25, 0.3) is 0 Å². The van der Waals surface area contributed by atoms with Crippen molar-refractivity contribution in [3.63, 3.8) is 0 Å². The molecule has 2 N–H and O–H groups in total. The average Bonchev–Trinajstić information content (AvgIpc) is 2.75. The van der Waals surface area contributed by atoms with Crippen molar-refractivity contribution in [2.45, 2.75) is 58.5 Å². The number of piperidine rings is 2. The van der Waals surface area contributed by atoms with Crippen LogP contribution < -0.4 is 10.6 Å². The summed E-state index contributed by atoms with van der Waals surface area (Å²) < 4.78 is 0. The summed E-state index contributed by atoms with van der Waals surface area (Å²) in [5, 5.41) is 7.18. The van der Waals surface area contributed by atoms with E-state index in [2.05, 4.69) is 64.6 Å². The maximum atomic E-state index is 4.95. The Kier molecular flexibility index (Phi) is 9.29. The Morgan fingerprint density at radius 2 is 1.66 bits per heavy atom. The van der Waals surface area contributed by atoms with E-state index in [1.54, 1.807) is 0 Å². The first-order valence-corrected chi connectivity index (χ1v) is 11.8. The van der Waals surface area contributed by atoms with Crippen molar-refractivity contribution in [3.8, 4) is 0 Å². The van der Waals surface area contributed by atoms with Gasteiger partial charge in [0.1, 0.15) is 0 Å². The van der Waals surface area contributed by atoms with Gasteiger partial charge < -0.3 is 15.5 Å². The molecule has 0 unspecified atom stereocenters. The molecule has 2 aliphatic rings. The highest BCUT2D eigenvalue weighted by Crippen LogP contribution is 2.18. The van der Waals surface area contributed by atoms with Gasteiger partial charge in [0.05, 0.1) is 0 Å². The van der Waals surface area contributed by atoms with Crippen LogP contribution in [0.4, 0.5) is 0 Å². The van der Waals surface area contributed by atoms with Crippen LogP contribution in [-0.2, 0) is 6.54 Å². The minimum atomic E-state index is 0.534. The van der Waals surface area contributed by atoms with Gasteiger partial charge in [0.2, 0.25) is 0 Å². The number of hydrogen-bond acceptors (Lipinski definition) is 3. The van der Waals surface area contributed by atoms with Gasteiger partial charge in [-0.15, -0.1) is 0 Å². The zero-order valence-electron chi connectivity index (χ0n) is 18.6. The van der Waals surface area contributed by atoms with Gasteiger partial charge in [-0.25, -0.2) is 0 Å². The minimum Gasteiger partial charge on any atom is -0.357 e. The molecule has 0 radical (unpaired) electrons. The lowest BCUT2D eigenvalue weighted by molar-refractivity contribution is 0.187. The molecule has 0 atom stereocenters. The lowest BCUT2D eigenvalue weighted by Crippen LogP contribution is -2.48. The number of aliphatic imine (C=N–C) groups is 1. The molecule has 3 rings (SSSR count). The number of rotatable bonds is 8. The zero-order chi connectivity index (χ0) is 20.3. The van der Waals surface area contributed by atoms with Gasteiger partial charge in [-0.2, -0.15) is 0 Å². The van der Waals surface area contributed by atoms with Crippen LogP contribution in [0.15, 0.2) is 35.3 Å². The molecule has 0 aliphatic carbocycles. The van der Waals surface area contributed by atoms with Gasteiger partial charge in [0.15, 0.2) is 5.96 Å². The molecule has 2 saturated heterocycles. The molecule has 2 heterocycles. The third-order valence-corrected chi connectivity index (χ3v) is 6.28. The third-order valence-electron chi connectivity index (χ3n) is 6.28. The Labute approximate surface area is 178 Å². The van der Waals surface area contributed by atoms with Gasteiger partial charge in [-0.05, 0) is 70.1 Å². The first-order valence-electron chi connectivity index (χ1n) is 11.8. The molecule has 0 bridgehead atoms. The van der Waals surface area contributed by atoms with Crippen molar-refractivity contribution in [1.82, 2.24) is 20.4 Å². The molecule has 5 heteroatoms. The largest absolute Gasteiger partial charge is 0.357 e. The van der Waals surface area contributed by atoms with E-state index in [1.165, 1.54) is 57.3 Å². The molecule has 0 amide bonds. The SMILES string of the molecule is CCCN1CCC(CN=C(NCC)NC2CCN(Cc3ccccc3)CC2)CC1. The summed E-state index contributed by atoms with van der Waals surface area (Å²) in [5.74, 6) is 1.76. The second-order valence-electron chi connectivity index (χ2n) is 8.68. The van der Waals surface area contributed by atoms with E-state index in [-0.39, 0.29) is 0 Å². The summed E-state index contributed by atoms with van der Waals surface area (Å²) in [6.45, 7) is 13.4. The topological polar surface area (TPSA) is 42.9 Å². The summed E-state index contributed by atoms with van der Waals surface area (Å²) in [5.41, 5.74) is 1.42. The second kappa shape index (κ2) is 12.2. The highest BCUT2D eigenvalue weighted by atomic mass is 15.2. The summed E-state index contributed by atoms with van der Waals surface area (Å²) in [7, 11) is 0. The predicted octanol–water partition coefficient (Wildman–Crippen LogP) is 3.33. The number of nitrogens with zero attached hydrogens (tertiary/aromatic N) is 3. The Morgan fingerprint density at radius 1 is 0.966 bits per heavy atom. The van der Waals surface area contributed by atoms with Crippen molar-refractivity contribution >= 4 is 5.96 Å². The average molecular weight is 400 g/mol. The molecule has 0 spiro atoms. The van der Waals surface area contributed by atoms with Gasteiger partial charge >= 0.3 is 0 Å². The van der Waals surface area contributed by atoms with Crippen LogP contribution in [0.1, 0.15) is 51.5 Å². The quantitative estimate of drug-likeness (QED) is 0.520. The van der Waals surface area contributed by atoms with Gasteiger partial charge in [-0.1, -0.05) is 37.3 Å². The summed E-state index contributed by atoms with van der Waals surface area (Å²) in [6.07, 6.45) is 6.22. The van der Waals surface area contributed by atoms with Crippen molar-refractivity contribution in [2.24, 2.45) is 10.9 Å². The predicted molar refractivity (Wildman–Crippen MR) is 123 cm³/mol. The number of guanidine groups is 1. The highest BCUT2D eigenvalue weighted by molar-refractivity contribution is 5.80. The smallest absolute Gasteiger partial charge is 0.191 e. The number of nitrogens with one attached hydrogen (secondary N) is 2. The van der Waals surface area contributed by atoms with Crippen molar-refractivity contribution < 1.29 is 0 Å².